The van der Waals surface area contributed by atoms with E-state index in [1.165, 1.54) is 12.1 Å². The van der Waals surface area contributed by atoms with Gasteiger partial charge >= 0.3 is 0 Å². The van der Waals surface area contributed by atoms with E-state index < -0.39 is 17.8 Å². The number of rotatable bonds is 2. The number of nitrogens with zero attached hydrogens (tertiary/aromatic N) is 2. The second-order valence-electron chi connectivity index (χ2n) is 4.06. The van der Waals surface area contributed by atoms with Gasteiger partial charge in [0.05, 0.1) is 11.6 Å². The van der Waals surface area contributed by atoms with Gasteiger partial charge in [0.25, 0.3) is 0 Å². The van der Waals surface area contributed by atoms with E-state index in [1.807, 2.05) is 6.07 Å². The van der Waals surface area contributed by atoms with Gasteiger partial charge in [-0.05, 0) is 31.0 Å². The summed E-state index contributed by atoms with van der Waals surface area (Å²) in [6.07, 6.45) is 1.51. The van der Waals surface area contributed by atoms with Crippen LogP contribution in [-0.4, -0.2) is 18.5 Å². The summed E-state index contributed by atoms with van der Waals surface area (Å²) in [6.45, 7) is 0.655. The van der Waals surface area contributed by atoms with Crippen molar-refractivity contribution >= 4 is 11.6 Å². The van der Waals surface area contributed by atoms with E-state index in [-0.39, 0.29) is 5.56 Å². The van der Waals surface area contributed by atoms with Crippen molar-refractivity contribution in [2.24, 2.45) is 5.73 Å². The van der Waals surface area contributed by atoms with E-state index in [2.05, 4.69) is 0 Å². The highest BCUT2D eigenvalue weighted by atomic mass is 19.1. The minimum absolute atomic E-state index is 0.245. The fourth-order valence-electron chi connectivity index (χ4n) is 2.18. The largest absolute Gasteiger partial charge is 0.368 e. The molecule has 0 bridgehead atoms. The van der Waals surface area contributed by atoms with Crippen molar-refractivity contribution in [3.8, 4) is 6.07 Å². The van der Waals surface area contributed by atoms with Crippen LogP contribution in [-0.2, 0) is 4.79 Å². The van der Waals surface area contributed by atoms with E-state index in [0.717, 1.165) is 6.42 Å². The van der Waals surface area contributed by atoms with Crippen LogP contribution >= 0.6 is 0 Å². The molecule has 88 valence electrons. The Hall–Kier alpha value is -2.09. The first-order valence-electron chi connectivity index (χ1n) is 5.38. The summed E-state index contributed by atoms with van der Waals surface area (Å²) in [4.78, 5) is 13.0. The third kappa shape index (κ3) is 2.21. The number of hydrogen-bond acceptors (Lipinski definition) is 3. The molecule has 0 saturated carbocycles. The maximum Gasteiger partial charge on any atom is 0.240 e. The molecule has 1 aliphatic rings. The maximum atomic E-state index is 13.3. The molecule has 1 aliphatic heterocycles. The van der Waals surface area contributed by atoms with Crippen molar-refractivity contribution in [1.82, 2.24) is 0 Å². The smallest absolute Gasteiger partial charge is 0.240 e. The second-order valence-corrected chi connectivity index (χ2v) is 4.06. The van der Waals surface area contributed by atoms with Crippen LogP contribution in [0.5, 0.6) is 0 Å². The molecule has 1 heterocycles. The van der Waals surface area contributed by atoms with Crippen LogP contribution < -0.4 is 10.6 Å². The van der Waals surface area contributed by atoms with Crippen LogP contribution in [0.1, 0.15) is 18.4 Å². The van der Waals surface area contributed by atoms with Crippen molar-refractivity contribution in [1.29, 1.82) is 5.26 Å². The zero-order valence-corrected chi connectivity index (χ0v) is 9.19. The van der Waals surface area contributed by atoms with E-state index in [0.29, 0.717) is 18.7 Å². The molecule has 1 amide bonds. The first-order chi connectivity index (χ1) is 8.11. The SMILES string of the molecule is N#Cc1cc(F)cc(N2CCCC2C(N)=O)c1. The molecule has 1 aromatic rings. The molecule has 1 atom stereocenters. The van der Waals surface area contributed by atoms with Crippen LogP contribution in [0, 0.1) is 17.1 Å². The van der Waals surface area contributed by atoms with Crippen molar-refractivity contribution in [2.75, 3.05) is 11.4 Å². The summed E-state index contributed by atoms with van der Waals surface area (Å²) in [5.41, 5.74) is 6.08. The van der Waals surface area contributed by atoms with E-state index in [9.17, 15) is 9.18 Å². The van der Waals surface area contributed by atoms with Crippen LogP contribution in [0.2, 0.25) is 0 Å². The summed E-state index contributed by atoms with van der Waals surface area (Å²) in [5.74, 6) is -0.889. The number of carbonyl (C=O) groups excluding carboxylic acids is 1. The Morgan fingerprint density at radius 2 is 2.29 bits per heavy atom. The summed E-state index contributed by atoms with van der Waals surface area (Å²) >= 11 is 0. The lowest BCUT2D eigenvalue weighted by Crippen LogP contribution is -2.40. The Morgan fingerprint density at radius 3 is 2.94 bits per heavy atom. The van der Waals surface area contributed by atoms with Crippen LogP contribution in [0.25, 0.3) is 0 Å². The topological polar surface area (TPSA) is 70.1 Å². The Morgan fingerprint density at radius 1 is 1.53 bits per heavy atom. The molecule has 2 rings (SSSR count). The number of anilines is 1. The molecule has 1 fully saturated rings. The highest BCUT2D eigenvalue weighted by Crippen LogP contribution is 2.26. The van der Waals surface area contributed by atoms with E-state index in [4.69, 9.17) is 11.0 Å². The quantitative estimate of drug-likeness (QED) is 0.833. The van der Waals surface area contributed by atoms with Crippen LogP contribution in [0.15, 0.2) is 18.2 Å². The number of hydrogen-bond donors (Lipinski definition) is 1. The first kappa shape index (κ1) is 11.4. The van der Waals surface area contributed by atoms with Crippen molar-refractivity contribution in [3.05, 3.63) is 29.6 Å². The standard InChI is InChI=1S/C12H12FN3O/c13-9-4-8(7-14)5-10(6-9)16-3-1-2-11(16)12(15)17/h4-6,11H,1-3H2,(H2,15,17). The average Bonchev–Trinajstić information content (AvgIpc) is 2.77. The molecule has 1 saturated heterocycles. The van der Waals surface area contributed by atoms with Gasteiger partial charge in [0.15, 0.2) is 0 Å². The Labute approximate surface area is 98.4 Å². The lowest BCUT2D eigenvalue weighted by atomic mass is 10.1. The monoisotopic (exact) mass is 233 g/mol. The third-order valence-corrected chi connectivity index (χ3v) is 2.92. The van der Waals surface area contributed by atoms with Crippen molar-refractivity contribution in [3.63, 3.8) is 0 Å². The maximum absolute atomic E-state index is 13.3. The van der Waals surface area contributed by atoms with Gasteiger partial charge in [-0.2, -0.15) is 5.26 Å². The molecule has 2 N–H and O–H groups in total. The van der Waals surface area contributed by atoms with Gasteiger partial charge < -0.3 is 10.6 Å². The molecule has 4 nitrogen and oxygen atoms in total. The third-order valence-electron chi connectivity index (χ3n) is 2.92. The fraction of sp³-hybridized carbons (Fsp3) is 0.333. The zero-order chi connectivity index (χ0) is 12.4. The number of nitriles is 1. The normalized spacial score (nSPS) is 19.1. The molecule has 0 aliphatic carbocycles. The molecular formula is C12H12FN3O. The van der Waals surface area contributed by atoms with Gasteiger partial charge in [-0.1, -0.05) is 0 Å². The number of nitrogens with two attached hydrogens (primary N) is 1. The minimum atomic E-state index is -0.478. The van der Waals surface area contributed by atoms with Crippen molar-refractivity contribution in [2.45, 2.75) is 18.9 Å². The Balaban J connectivity index is 2.37. The zero-order valence-electron chi connectivity index (χ0n) is 9.19. The molecule has 0 radical (unpaired) electrons. The van der Waals surface area contributed by atoms with Gasteiger partial charge in [-0.3, -0.25) is 4.79 Å². The van der Waals surface area contributed by atoms with E-state index >= 15 is 0 Å². The highest BCUT2D eigenvalue weighted by Gasteiger charge is 2.29. The second kappa shape index (κ2) is 4.42. The summed E-state index contributed by atoms with van der Waals surface area (Å²) < 4.78 is 13.3. The van der Waals surface area contributed by atoms with E-state index in [1.54, 1.807) is 11.0 Å². The van der Waals surface area contributed by atoms with Gasteiger partial charge in [0.2, 0.25) is 5.91 Å². The molecular weight excluding hydrogens is 221 g/mol. The Kier molecular flexibility index (Phi) is 2.96. The summed E-state index contributed by atoms with van der Waals surface area (Å²) in [5, 5.41) is 8.78. The van der Waals surface area contributed by atoms with Crippen LogP contribution in [0.4, 0.5) is 10.1 Å². The van der Waals surface area contributed by atoms with Gasteiger partial charge in [-0.25, -0.2) is 4.39 Å². The van der Waals surface area contributed by atoms with Crippen molar-refractivity contribution < 1.29 is 9.18 Å². The number of primary amides is 1. The number of halogens is 1. The number of benzene rings is 1. The van der Waals surface area contributed by atoms with Crippen LogP contribution in [0.3, 0.4) is 0 Å². The number of carbonyl (C=O) groups is 1. The predicted octanol–water partition coefficient (Wildman–Crippen LogP) is 1.15. The highest BCUT2D eigenvalue weighted by molar-refractivity contribution is 5.84. The van der Waals surface area contributed by atoms with Gasteiger partial charge in [0.1, 0.15) is 11.9 Å². The average molecular weight is 233 g/mol. The molecule has 1 unspecified atom stereocenters. The molecule has 0 aromatic heterocycles. The molecule has 0 spiro atoms. The first-order valence-corrected chi connectivity index (χ1v) is 5.38. The van der Waals surface area contributed by atoms with Gasteiger partial charge in [0, 0.05) is 12.2 Å². The minimum Gasteiger partial charge on any atom is -0.368 e. The lowest BCUT2D eigenvalue weighted by molar-refractivity contribution is -0.119. The fourth-order valence-corrected chi connectivity index (χ4v) is 2.18. The molecule has 1 aromatic carbocycles. The number of amides is 1. The predicted molar refractivity (Wildman–Crippen MR) is 60.7 cm³/mol. The summed E-state index contributed by atoms with van der Waals surface area (Å²) in [7, 11) is 0. The molecule has 5 heteroatoms. The lowest BCUT2D eigenvalue weighted by Gasteiger charge is -2.24. The Bertz CT molecular complexity index is 495. The molecule has 17 heavy (non-hydrogen) atoms. The summed E-state index contributed by atoms with van der Waals surface area (Å²) in [6, 6.07) is 5.55. The van der Waals surface area contributed by atoms with Gasteiger partial charge in [-0.15, -0.1) is 0 Å².